The van der Waals surface area contributed by atoms with Gasteiger partial charge in [-0.3, -0.25) is 20.0 Å². The topological polar surface area (TPSA) is 94.6 Å². The molecular formula is C24H26F5N5O3. The first-order valence-electron chi connectivity index (χ1n) is 11.4. The molecule has 0 spiro atoms. The van der Waals surface area contributed by atoms with Crippen LogP contribution in [0.15, 0.2) is 30.5 Å². The Kier molecular flexibility index (Phi) is 8.03. The van der Waals surface area contributed by atoms with Gasteiger partial charge >= 0.3 is 12.2 Å². The molecule has 13 heteroatoms. The Morgan fingerprint density at radius 2 is 1.68 bits per heavy atom. The minimum atomic E-state index is -4.88. The molecule has 0 saturated carbocycles. The van der Waals surface area contributed by atoms with Gasteiger partial charge in [0.2, 0.25) is 0 Å². The molecular weight excluding hydrogens is 501 g/mol. The van der Waals surface area contributed by atoms with Crippen LogP contribution in [-0.4, -0.2) is 51.9 Å². The second kappa shape index (κ2) is 10.7. The van der Waals surface area contributed by atoms with E-state index in [9.17, 15) is 36.3 Å². The van der Waals surface area contributed by atoms with E-state index < -0.39 is 46.9 Å². The molecule has 2 heterocycles. The van der Waals surface area contributed by atoms with Gasteiger partial charge in [-0.05, 0) is 57.9 Å². The number of pyridine rings is 1. The number of nitrogens with zero attached hydrogens (tertiary/aromatic N) is 3. The summed E-state index contributed by atoms with van der Waals surface area (Å²) in [5, 5.41) is 2.99. The number of aromatic nitrogens is 1. The van der Waals surface area contributed by atoms with Gasteiger partial charge in [-0.15, -0.1) is 0 Å². The number of carbonyl (C=O) groups is 3. The molecule has 2 aromatic rings. The molecule has 1 saturated heterocycles. The molecule has 0 radical (unpaired) electrons. The van der Waals surface area contributed by atoms with Crippen LogP contribution in [-0.2, 0) is 6.18 Å². The van der Waals surface area contributed by atoms with Crippen molar-refractivity contribution in [2.24, 2.45) is 0 Å². The van der Waals surface area contributed by atoms with E-state index in [0.717, 1.165) is 26.0 Å². The van der Waals surface area contributed by atoms with Crippen molar-refractivity contribution >= 4 is 17.8 Å². The molecule has 200 valence electrons. The summed E-state index contributed by atoms with van der Waals surface area (Å²) in [5.74, 6) is -3.63. The third kappa shape index (κ3) is 6.33. The van der Waals surface area contributed by atoms with E-state index in [1.165, 1.54) is 13.1 Å². The van der Waals surface area contributed by atoms with Crippen LogP contribution in [0.4, 0.5) is 26.7 Å². The molecule has 8 nitrogen and oxygen atoms in total. The number of benzene rings is 1. The van der Waals surface area contributed by atoms with E-state index in [1.807, 2.05) is 19.3 Å². The standard InChI is InChI=1S/C24H26F5N5O3/c1-12-5-6-13(2)34(12)22(36)16-9-19(26)20(30-11-16)14(3)31-23(37)33(4)32-21(35)15-7-17(24(27,28)29)10-18(25)8-15/h7-14H,5-6H2,1-4H3,(H,31,37)(H,32,35)/t12-,13+,14-/m1/s1. The molecule has 0 unspecified atom stereocenters. The SMILES string of the molecule is C[C@@H]1CC[C@H](C)N1C(=O)c1cnc([C@@H](C)NC(=O)N(C)NC(=O)c2cc(F)cc(C(F)(F)F)c2)c(F)c1. The fourth-order valence-electron chi connectivity index (χ4n) is 4.13. The van der Waals surface area contributed by atoms with Crippen molar-refractivity contribution in [3.8, 4) is 0 Å². The summed E-state index contributed by atoms with van der Waals surface area (Å²) in [6.07, 6.45) is -1.97. The van der Waals surface area contributed by atoms with Crippen molar-refractivity contribution in [3.63, 3.8) is 0 Å². The van der Waals surface area contributed by atoms with E-state index in [-0.39, 0.29) is 35.3 Å². The molecule has 3 atom stereocenters. The molecule has 37 heavy (non-hydrogen) atoms. The molecule has 1 aromatic carbocycles. The Bertz CT molecular complexity index is 1200. The lowest BCUT2D eigenvalue weighted by Crippen LogP contribution is -2.49. The summed E-state index contributed by atoms with van der Waals surface area (Å²) in [6.45, 7) is 5.24. The number of urea groups is 1. The maximum Gasteiger partial charge on any atom is 0.416 e. The first kappa shape index (κ1) is 27.8. The number of likely N-dealkylation sites (tertiary alicyclic amines) is 1. The van der Waals surface area contributed by atoms with E-state index in [2.05, 4.69) is 10.3 Å². The van der Waals surface area contributed by atoms with E-state index in [1.54, 1.807) is 4.90 Å². The highest BCUT2D eigenvalue weighted by molar-refractivity contribution is 5.95. The van der Waals surface area contributed by atoms with Gasteiger partial charge in [-0.25, -0.2) is 18.6 Å². The van der Waals surface area contributed by atoms with Gasteiger partial charge in [-0.1, -0.05) is 0 Å². The van der Waals surface area contributed by atoms with Gasteiger partial charge in [0.05, 0.1) is 22.9 Å². The average molecular weight is 527 g/mol. The van der Waals surface area contributed by atoms with Gasteiger partial charge < -0.3 is 10.2 Å². The number of amides is 4. The minimum Gasteiger partial charge on any atom is -0.333 e. The Labute approximate surface area is 209 Å². The molecule has 4 amide bonds. The predicted molar refractivity (Wildman–Crippen MR) is 122 cm³/mol. The second-order valence-electron chi connectivity index (χ2n) is 8.98. The predicted octanol–water partition coefficient (Wildman–Crippen LogP) is 4.44. The van der Waals surface area contributed by atoms with Crippen LogP contribution >= 0.6 is 0 Å². The van der Waals surface area contributed by atoms with Crippen LogP contribution in [0.2, 0.25) is 0 Å². The number of carbonyl (C=O) groups excluding carboxylic acids is 3. The highest BCUT2D eigenvalue weighted by Crippen LogP contribution is 2.30. The summed E-state index contributed by atoms with van der Waals surface area (Å²) in [6, 6.07) is 0.383. The van der Waals surface area contributed by atoms with Crippen molar-refractivity contribution in [3.05, 3.63) is 64.5 Å². The van der Waals surface area contributed by atoms with Gasteiger partial charge in [0.25, 0.3) is 11.8 Å². The van der Waals surface area contributed by atoms with Crippen molar-refractivity contribution in [2.75, 3.05) is 7.05 Å². The first-order chi connectivity index (χ1) is 17.2. The maximum atomic E-state index is 14.8. The van der Waals surface area contributed by atoms with E-state index in [0.29, 0.717) is 17.1 Å². The normalized spacial score (nSPS) is 18.4. The summed E-state index contributed by atoms with van der Waals surface area (Å²) in [4.78, 5) is 43.2. The molecule has 2 N–H and O–H groups in total. The minimum absolute atomic E-state index is 0.0154. The molecule has 0 bridgehead atoms. The summed E-state index contributed by atoms with van der Waals surface area (Å²) in [5.41, 5.74) is -0.109. The third-order valence-corrected chi connectivity index (χ3v) is 6.11. The van der Waals surface area contributed by atoms with Crippen LogP contribution in [0.1, 0.15) is 71.6 Å². The Morgan fingerprint density at radius 3 is 2.24 bits per heavy atom. The maximum absolute atomic E-state index is 14.8. The summed E-state index contributed by atoms with van der Waals surface area (Å²) < 4.78 is 67.1. The van der Waals surface area contributed by atoms with Gasteiger partial charge in [0.1, 0.15) is 11.6 Å². The van der Waals surface area contributed by atoms with Crippen molar-refractivity contribution < 1.29 is 36.3 Å². The zero-order chi connectivity index (χ0) is 27.7. The Balaban J connectivity index is 1.65. The monoisotopic (exact) mass is 527 g/mol. The zero-order valence-corrected chi connectivity index (χ0v) is 20.5. The van der Waals surface area contributed by atoms with Crippen LogP contribution in [0, 0.1) is 11.6 Å². The fraction of sp³-hybridized carbons (Fsp3) is 0.417. The first-order valence-corrected chi connectivity index (χ1v) is 11.4. The average Bonchev–Trinajstić information content (AvgIpc) is 3.14. The van der Waals surface area contributed by atoms with Gasteiger partial charge in [0, 0.05) is 30.9 Å². The molecule has 1 aliphatic heterocycles. The lowest BCUT2D eigenvalue weighted by Gasteiger charge is -2.26. The number of hydrazine groups is 1. The number of hydrogen-bond acceptors (Lipinski definition) is 4. The quantitative estimate of drug-likeness (QED) is 0.454. The number of rotatable bonds is 4. The van der Waals surface area contributed by atoms with Crippen LogP contribution in [0.5, 0.6) is 0 Å². The third-order valence-electron chi connectivity index (χ3n) is 6.11. The highest BCUT2D eigenvalue weighted by Gasteiger charge is 2.33. The van der Waals surface area contributed by atoms with Gasteiger partial charge in [-0.2, -0.15) is 13.2 Å². The zero-order valence-electron chi connectivity index (χ0n) is 20.5. The lowest BCUT2D eigenvalue weighted by molar-refractivity contribution is -0.137. The van der Waals surface area contributed by atoms with Crippen LogP contribution in [0.3, 0.4) is 0 Å². The molecule has 1 fully saturated rings. The van der Waals surface area contributed by atoms with Crippen molar-refractivity contribution in [2.45, 2.75) is 57.9 Å². The number of nitrogens with one attached hydrogen (secondary N) is 2. The van der Waals surface area contributed by atoms with Gasteiger partial charge in [0.15, 0.2) is 0 Å². The number of hydrogen-bond donors (Lipinski definition) is 2. The highest BCUT2D eigenvalue weighted by atomic mass is 19.4. The second-order valence-corrected chi connectivity index (χ2v) is 8.98. The van der Waals surface area contributed by atoms with Crippen molar-refractivity contribution in [1.29, 1.82) is 0 Å². The van der Waals surface area contributed by atoms with E-state index in [4.69, 9.17) is 0 Å². The van der Waals surface area contributed by atoms with Crippen LogP contribution < -0.4 is 10.7 Å². The Morgan fingerprint density at radius 1 is 1.05 bits per heavy atom. The van der Waals surface area contributed by atoms with Crippen LogP contribution in [0.25, 0.3) is 0 Å². The molecule has 1 aromatic heterocycles. The molecule has 1 aliphatic rings. The fourth-order valence-corrected chi connectivity index (χ4v) is 4.13. The smallest absolute Gasteiger partial charge is 0.333 e. The number of halogens is 5. The number of alkyl halides is 3. The summed E-state index contributed by atoms with van der Waals surface area (Å²) in [7, 11) is 1.09. The van der Waals surface area contributed by atoms with Crippen molar-refractivity contribution in [1.82, 2.24) is 25.6 Å². The largest absolute Gasteiger partial charge is 0.416 e. The molecule has 3 rings (SSSR count). The summed E-state index contributed by atoms with van der Waals surface area (Å²) >= 11 is 0. The molecule has 0 aliphatic carbocycles. The Hall–Kier alpha value is -3.77. The lowest BCUT2D eigenvalue weighted by atomic mass is 10.1. The van der Waals surface area contributed by atoms with E-state index >= 15 is 0 Å².